The topological polar surface area (TPSA) is 139 Å². The van der Waals surface area contributed by atoms with E-state index in [1.807, 2.05) is 0 Å². The number of rotatable bonds is 17. The Hall–Kier alpha value is -2.52. The van der Waals surface area contributed by atoms with Crippen LogP contribution >= 0.6 is 0 Å². The molecule has 3 amide bonds. The van der Waals surface area contributed by atoms with E-state index in [0.717, 1.165) is 0 Å². The minimum atomic E-state index is -0.476. The largest absolute Gasteiger partial charge is 0.383 e. The van der Waals surface area contributed by atoms with Crippen molar-refractivity contribution in [3.63, 3.8) is 0 Å². The van der Waals surface area contributed by atoms with Crippen LogP contribution in [0, 0.1) is 12.2 Å². The van der Waals surface area contributed by atoms with Gasteiger partial charge in [-0.05, 0) is 24.8 Å². The molecule has 0 unspecified atom stereocenters. The Labute approximate surface area is 237 Å². The van der Waals surface area contributed by atoms with E-state index in [2.05, 4.69) is 28.1 Å². The summed E-state index contributed by atoms with van der Waals surface area (Å²) in [5.74, 6) is -1.19. The molecule has 1 radical (unpaired) electrons. The third-order valence-electron chi connectivity index (χ3n) is 5.07. The molecule has 0 aliphatic heterocycles. The first kappa shape index (κ1) is 33.5. The number of amides is 3. The summed E-state index contributed by atoms with van der Waals surface area (Å²) in [7, 11) is 1.51. The second-order valence-electron chi connectivity index (χ2n) is 7.81. The number of Topliss-reactive ketones (excluding diaryl/α,β-unsaturated/α-hetero) is 3. The molecule has 0 bridgehead atoms. The predicted molar refractivity (Wildman–Crippen MR) is 130 cm³/mol. The molecule has 1 rings (SSSR count). The van der Waals surface area contributed by atoms with Gasteiger partial charge in [-0.15, -0.1) is 0 Å². The normalized spacial score (nSPS) is 12.5. The summed E-state index contributed by atoms with van der Waals surface area (Å²) in [4.78, 5) is 69.9. The van der Waals surface area contributed by atoms with E-state index in [-0.39, 0.29) is 87.6 Å². The third-order valence-corrected chi connectivity index (χ3v) is 5.07. The van der Waals surface area contributed by atoms with E-state index >= 15 is 0 Å². The minimum Gasteiger partial charge on any atom is -0.383 e. The van der Waals surface area contributed by atoms with Gasteiger partial charge in [0.05, 0.1) is 0 Å². The molecule has 0 atom stereocenters. The van der Waals surface area contributed by atoms with Gasteiger partial charge in [-0.1, -0.05) is 19.1 Å². The standard InChI is InChI=1S/C26H33N3O6.Y/c1-3-23(32)19-12-13-20(18-19)26(35)29-17-7-9-21(30)8-4-5-11-25(34)28-16-6-10-22(31)14-15-24(33)27-2;/h4-5,12-13H,3,6-7,9-10,14-18H2,1-2H3,(H,27,33)(H,28,34)(H,29,35);/q-2;. The maximum Gasteiger partial charge on any atom is 0.247 e. The molecule has 0 aromatic rings. The fourth-order valence-electron chi connectivity index (χ4n) is 3.03. The number of hydrogen-bond donors (Lipinski definition) is 3. The van der Waals surface area contributed by atoms with Gasteiger partial charge in [-0.2, -0.15) is 0 Å². The fraction of sp³-hybridized carbons (Fsp3) is 0.462. The summed E-state index contributed by atoms with van der Waals surface area (Å²) in [6.45, 7) is 2.39. The Kier molecular flexibility index (Phi) is 18.3. The molecule has 0 fully saturated rings. The van der Waals surface area contributed by atoms with Gasteiger partial charge in [-0.3, -0.25) is 30.0 Å². The van der Waals surface area contributed by atoms with Gasteiger partial charge in [0.25, 0.3) is 0 Å². The molecule has 0 saturated heterocycles. The van der Waals surface area contributed by atoms with Crippen molar-refractivity contribution in [1.82, 2.24) is 16.0 Å². The minimum absolute atomic E-state index is 0. The van der Waals surface area contributed by atoms with Crippen molar-refractivity contribution < 1.29 is 61.5 Å². The Morgan fingerprint density at radius 2 is 1.50 bits per heavy atom. The smallest absolute Gasteiger partial charge is 0.247 e. The monoisotopic (exact) mass is 572 g/mol. The zero-order valence-electron chi connectivity index (χ0n) is 20.9. The Bertz CT molecular complexity index is 934. The van der Waals surface area contributed by atoms with Crippen molar-refractivity contribution in [3.8, 4) is 0 Å². The van der Waals surface area contributed by atoms with Gasteiger partial charge in [0, 0.05) is 96.3 Å². The number of hydrogen-bond acceptors (Lipinski definition) is 6. The molecule has 1 aliphatic carbocycles. The van der Waals surface area contributed by atoms with E-state index in [1.165, 1.54) is 19.2 Å². The van der Waals surface area contributed by atoms with Gasteiger partial charge in [0.15, 0.2) is 5.78 Å². The van der Waals surface area contributed by atoms with Gasteiger partial charge in [0.2, 0.25) is 11.8 Å². The van der Waals surface area contributed by atoms with Crippen LogP contribution in [-0.4, -0.2) is 55.2 Å². The molecular weight excluding hydrogens is 539 g/mol. The molecule has 0 heterocycles. The predicted octanol–water partition coefficient (Wildman–Crippen LogP) is 1.40. The molecule has 10 heteroatoms. The average Bonchev–Trinajstić information content (AvgIpc) is 3.35. The van der Waals surface area contributed by atoms with Crippen LogP contribution in [0.1, 0.15) is 58.3 Å². The van der Waals surface area contributed by atoms with E-state index in [9.17, 15) is 28.8 Å². The second kappa shape index (κ2) is 19.6. The van der Waals surface area contributed by atoms with Crippen molar-refractivity contribution in [2.45, 2.75) is 58.3 Å². The van der Waals surface area contributed by atoms with Crippen LogP contribution in [0.3, 0.4) is 0 Å². The molecule has 0 spiro atoms. The first-order chi connectivity index (χ1) is 16.8. The van der Waals surface area contributed by atoms with Crippen LogP contribution < -0.4 is 16.0 Å². The SMILES string of the molecule is CCC(=O)C1=CC=C(C(=O)NCCCC(=O)[C-]=CC=[C-]C(=O)NCCCC(=O)CCC(=O)NC)C1.[Y]. The first-order valence-corrected chi connectivity index (χ1v) is 11.7. The Balaban J connectivity index is 0.0000122. The van der Waals surface area contributed by atoms with Crippen molar-refractivity contribution in [2.24, 2.45) is 0 Å². The van der Waals surface area contributed by atoms with Gasteiger partial charge < -0.3 is 39.0 Å². The summed E-state index contributed by atoms with van der Waals surface area (Å²) in [6.07, 6.45) is 13.3. The zero-order valence-corrected chi connectivity index (χ0v) is 23.7. The molecule has 3 N–H and O–H groups in total. The molecular formula is C26H33N3O6Y-2. The third kappa shape index (κ3) is 14.8. The van der Waals surface area contributed by atoms with Crippen molar-refractivity contribution >= 4 is 35.1 Å². The van der Waals surface area contributed by atoms with E-state index in [4.69, 9.17) is 0 Å². The maximum absolute atomic E-state index is 12.1. The second-order valence-corrected chi connectivity index (χ2v) is 7.81. The number of carbonyl (C=O) groups is 6. The summed E-state index contributed by atoms with van der Waals surface area (Å²) in [6, 6.07) is 0. The van der Waals surface area contributed by atoms with E-state index < -0.39 is 5.91 Å². The Morgan fingerprint density at radius 3 is 2.19 bits per heavy atom. The van der Waals surface area contributed by atoms with E-state index in [0.29, 0.717) is 49.9 Å². The van der Waals surface area contributed by atoms with Crippen LogP contribution in [0.25, 0.3) is 0 Å². The number of allylic oxidation sites excluding steroid dienone is 6. The summed E-state index contributed by atoms with van der Waals surface area (Å²) < 4.78 is 0. The first-order valence-electron chi connectivity index (χ1n) is 11.7. The van der Waals surface area contributed by atoms with Crippen molar-refractivity contribution in [2.75, 3.05) is 20.1 Å². The molecule has 36 heavy (non-hydrogen) atoms. The van der Waals surface area contributed by atoms with Crippen LogP contribution in [0.4, 0.5) is 0 Å². The van der Waals surface area contributed by atoms with Crippen LogP contribution in [-0.2, 0) is 61.5 Å². The quantitative estimate of drug-likeness (QED) is 0.104. The van der Waals surface area contributed by atoms with Crippen LogP contribution in [0.2, 0.25) is 0 Å². The molecule has 193 valence electrons. The molecule has 0 aromatic carbocycles. The van der Waals surface area contributed by atoms with Crippen molar-refractivity contribution in [3.05, 3.63) is 47.6 Å². The van der Waals surface area contributed by atoms with Crippen molar-refractivity contribution in [1.29, 1.82) is 0 Å². The van der Waals surface area contributed by atoms with Gasteiger partial charge in [-0.25, -0.2) is 0 Å². The number of ketones is 3. The molecule has 1 aliphatic rings. The van der Waals surface area contributed by atoms with Gasteiger partial charge in [0.1, 0.15) is 11.7 Å². The summed E-state index contributed by atoms with van der Waals surface area (Å²) in [5, 5.41) is 7.76. The summed E-state index contributed by atoms with van der Waals surface area (Å²) >= 11 is 0. The van der Waals surface area contributed by atoms with Crippen LogP contribution in [0.5, 0.6) is 0 Å². The van der Waals surface area contributed by atoms with E-state index in [1.54, 1.807) is 19.1 Å². The zero-order chi connectivity index (χ0) is 26.1. The van der Waals surface area contributed by atoms with Crippen LogP contribution in [0.15, 0.2) is 35.5 Å². The molecule has 9 nitrogen and oxygen atoms in total. The molecule has 0 aromatic heterocycles. The molecule has 0 saturated carbocycles. The number of nitrogens with one attached hydrogen (secondary N) is 3. The van der Waals surface area contributed by atoms with Gasteiger partial charge >= 0.3 is 0 Å². The fourth-order valence-corrected chi connectivity index (χ4v) is 3.03. The number of carbonyl (C=O) groups excluding carboxylic acids is 6. The Morgan fingerprint density at radius 1 is 0.861 bits per heavy atom. The summed E-state index contributed by atoms with van der Waals surface area (Å²) in [5.41, 5.74) is 1.17. The maximum atomic E-state index is 12.1. The average molecular weight is 572 g/mol.